The van der Waals surface area contributed by atoms with Gasteiger partial charge in [0.15, 0.2) is 0 Å². The topological polar surface area (TPSA) is 90.5 Å². The molecule has 3 atom stereocenters. The summed E-state index contributed by atoms with van der Waals surface area (Å²) in [5.74, 6) is -0.970. The number of hydrogen-bond acceptors (Lipinski definition) is 5. The summed E-state index contributed by atoms with van der Waals surface area (Å²) in [6.45, 7) is 5.81. The Balaban J connectivity index is 2.10. The van der Waals surface area contributed by atoms with Crippen LogP contribution in [0.1, 0.15) is 52.9 Å². The van der Waals surface area contributed by atoms with Gasteiger partial charge in [-0.2, -0.15) is 5.10 Å². The highest BCUT2D eigenvalue weighted by Gasteiger charge is 2.34. The molecule has 7 heteroatoms. The summed E-state index contributed by atoms with van der Waals surface area (Å²) in [5, 5.41) is 4.18. The Hall–Kier alpha value is -1.89. The molecule has 1 heterocycles. The monoisotopic (exact) mass is 364 g/mol. The van der Waals surface area contributed by atoms with E-state index >= 15 is 0 Å². The molecule has 146 valence electrons. The fraction of sp³-hybridized carbons (Fsp3) is 0.737. The molecule has 0 aliphatic heterocycles. The Labute approximate surface area is 155 Å². The lowest BCUT2D eigenvalue weighted by Gasteiger charge is -2.37. The van der Waals surface area contributed by atoms with Crippen molar-refractivity contribution in [1.29, 1.82) is 0 Å². The Kier molecular flexibility index (Phi) is 6.81. The van der Waals surface area contributed by atoms with Crippen molar-refractivity contribution in [1.82, 2.24) is 14.7 Å². The van der Waals surface area contributed by atoms with E-state index in [-0.39, 0.29) is 30.4 Å². The van der Waals surface area contributed by atoms with Crippen LogP contribution in [0.2, 0.25) is 0 Å². The van der Waals surface area contributed by atoms with Crippen LogP contribution in [0.4, 0.5) is 0 Å². The molecule has 1 saturated carbocycles. The maximum Gasteiger partial charge on any atom is 0.307 e. The summed E-state index contributed by atoms with van der Waals surface area (Å²) in [6, 6.07) is 1.81. The normalized spacial score (nSPS) is 21.9. The Bertz CT molecular complexity index is 594. The SMILES string of the molecule is CN(C(=O)[C@@H](CC(=O)OC(C)(C)C)Cn1cccn1)[C@H]1CCCC[C@@H]1N. The smallest absolute Gasteiger partial charge is 0.307 e. The van der Waals surface area contributed by atoms with Crippen molar-refractivity contribution in [3.05, 3.63) is 18.5 Å². The van der Waals surface area contributed by atoms with Gasteiger partial charge < -0.3 is 15.4 Å². The maximum atomic E-state index is 13.1. The van der Waals surface area contributed by atoms with E-state index in [2.05, 4.69) is 5.10 Å². The number of likely N-dealkylation sites (N-methyl/N-ethyl adjacent to an activating group) is 1. The third kappa shape index (κ3) is 5.83. The zero-order chi connectivity index (χ0) is 19.3. The number of aromatic nitrogens is 2. The van der Waals surface area contributed by atoms with E-state index in [1.54, 1.807) is 35.1 Å². The van der Waals surface area contributed by atoms with E-state index < -0.39 is 11.5 Å². The number of rotatable bonds is 6. The lowest BCUT2D eigenvalue weighted by Crippen LogP contribution is -2.52. The molecule has 1 fully saturated rings. The maximum absolute atomic E-state index is 13.1. The van der Waals surface area contributed by atoms with E-state index in [1.807, 2.05) is 20.8 Å². The third-order valence-electron chi connectivity index (χ3n) is 4.78. The number of nitrogens with zero attached hydrogens (tertiary/aromatic N) is 3. The average molecular weight is 364 g/mol. The van der Waals surface area contributed by atoms with Crippen molar-refractivity contribution in [2.45, 2.75) is 77.1 Å². The van der Waals surface area contributed by atoms with Gasteiger partial charge >= 0.3 is 5.97 Å². The second kappa shape index (κ2) is 8.66. The van der Waals surface area contributed by atoms with Crippen LogP contribution in [0.3, 0.4) is 0 Å². The highest BCUT2D eigenvalue weighted by atomic mass is 16.6. The van der Waals surface area contributed by atoms with Crippen LogP contribution in [0.25, 0.3) is 0 Å². The van der Waals surface area contributed by atoms with Crippen molar-refractivity contribution in [2.75, 3.05) is 7.05 Å². The minimum absolute atomic E-state index is 0.00965. The highest BCUT2D eigenvalue weighted by molar-refractivity contribution is 5.84. The van der Waals surface area contributed by atoms with Crippen LogP contribution in [0.5, 0.6) is 0 Å². The number of esters is 1. The molecule has 1 aromatic rings. The standard InChI is InChI=1S/C19H32N4O3/c1-19(2,3)26-17(24)12-14(13-23-11-7-10-21-23)18(25)22(4)16-9-6-5-8-15(16)20/h7,10-11,14-16H,5-6,8-9,12-13,20H2,1-4H3/t14-,15-,16-/m0/s1. The van der Waals surface area contributed by atoms with Crippen molar-refractivity contribution in [3.63, 3.8) is 0 Å². The lowest BCUT2D eigenvalue weighted by molar-refractivity contribution is -0.159. The molecular formula is C19H32N4O3. The van der Waals surface area contributed by atoms with E-state index in [1.165, 1.54) is 0 Å². The van der Waals surface area contributed by atoms with Gasteiger partial charge in [-0.3, -0.25) is 14.3 Å². The number of nitrogens with two attached hydrogens (primary N) is 1. The molecule has 0 radical (unpaired) electrons. The number of amides is 1. The highest BCUT2D eigenvalue weighted by Crippen LogP contribution is 2.24. The van der Waals surface area contributed by atoms with E-state index in [4.69, 9.17) is 10.5 Å². The van der Waals surface area contributed by atoms with Crippen molar-refractivity contribution in [3.8, 4) is 0 Å². The van der Waals surface area contributed by atoms with Gasteiger partial charge in [0.1, 0.15) is 5.60 Å². The summed E-state index contributed by atoms with van der Waals surface area (Å²) in [5.41, 5.74) is 5.66. The summed E-state index contributed by atoms with van der Waals surface area (Å²) in [6.07, 6.45) is 7.50. The number of carbonyl (C=O) groups is 2. The first kappa shape index (κ1) is 20.4. The van der Waals surface area contributed by atoms with Gasteiger partial charge in [-0.15, -0.1) is 0 Å². The molecular weight excluding hydrogens is 332 g/mol. The fourth-order valence-electron chi connectivity index (χ4n) is 3.52. The molecule has 1 aromatic heterocycles. The van der Waals surface area contributed by atoms with Crippen LogP contribution in [0.15, 0.2) is 18.5 Å². The largest absolute Gasteiger partial charge is 0.460 e. The van der Waals surface area contributed by atoms with Gasteiger partial charge in [0.2, 0.25) is 5.91 Å². The Morgan fingerprint density at radius 1 is 1.35 bits per heavy atom. The van der Waals surface area contributed by atoms with Gasteiger partial charge in [-0.1, -0.05) is 12.8 Å². The molecule has 0 spiro atoms. The molecule has 0 saturated heterocycles. The van der Waals surface area contributed by atoms with Gasteiger partial charge in [-0.05, 0) is 39.7 Å². The fourth-order valence-corrected chi connectivity index (χ4v) is 3.52. The third-order valence-corrected chi connectivity index (χ3v) is 4.78. The van der Waals surface area contributed by atoms with E-state index in [0.717, 1.165) is 25.7 Å². The van der Waals surface area contributed by atoms with Gasteiger partial charge in [0.25, 0.3) is 0 Å². The van der Waals surface area contributed by atoms with Crippen LogP contribution in [-0.4, -0.2) is 51.3 Å². The van der Waals surface area contributed by atoms with Crippen LogP contribution in [-0.2, 0) is 20.9 Å². The summed E-state index contributed by atoms with van der Waals surface area (Å²) in [4.78, 5) is 27.2. The number of carbonyl (C=O) groups excluding carboxylic acids is 2. The van der Waals surface area contributed by atoms with Crippen molar-refractivity contribution >= 4 is 11.9 Å². The second-order valence-corrected chi connectivity index (χ2v) is 8.18. The van der Waals surface area contributed by atoms with Crippen LogP contribution in [0, 0.1) is 5.92 Å². The molecule has 2 rings (SSSR count). The molecule has 26 heavy (non-hydrogen) atoms. The Morgan fingerprint density at radius 2 is 2.04 bits per heavy atom. The molecule has 7 nitrogen and oxygen atoms in total. The molecule has 2 N–H and O–H groups in total. The van der Waals surface area contributed by atoms with Crippen molar-refractivity contribution in [2.24, 2.45) is 11.7 Å². The molecule has 0 bridgehead atoms. The van der Waals surface area contributed by atoms with Crippen LogP contribution < -0.4 is 5.73 Å². The molecule has 1 aliphatic carbocycles. The molecule has 1 aliphatic rings. The summed E-state index contributed by atoms with van der Waals surface area (Å²) in [7, 11) is 1.80. The van der Waals surface area contributed by atoms with Crippen LogP contribution >= 0.6 is 0 Å². The zero-order valence-corrected chi connectivity index (χ0v) is 16.4. The summed E-state index contributed by atoms with van der Waals surface area (Å²) >= 11 is 0. The van der Waals surface area contributed by atoms with E-state index in [0.29, 0.717) is 6.54 Å². The van der Waals surface area contributed by atoms with E-state index in [9.17, 15) is 9.59 Å². The lowest BCUT2D eigenvalue weighted by atomic mass is 9.89. The first-order valence-electron chi connectivity index (χ1n) is 9.39. The zero-order valence-electron chi connectivity index (χ0n) is 16.4. The molecule has 1 amide bonds. The first-order valence-corrected chi connectivity index (χ1v) is 9.39. The Morgan fingerprint density at radius 3 is 2.62 bits per heavy atom. The predicted molar refractivity (Wildman–Crippen MR) is 99.2 cm³/mol. The van der Waals surface area contributed by atoms with Gasteiger partial charge in [0, 0.05) is 31.5 Å². The molecule has 0 unspecified atom stereocenters. The quantitative estimate of drug-likeness (QED) is 0.779. The number of ether oxygens (including phenoxy) is 1. The molecule has 0 aromatic carbocycles. The van der Waals surface area contributed by atoms with Gasteiger partial charge in [0.05, 0.1) is 18.9 Å². The minimum Gasteiger partial charge on any atom is -0.460 e. The predicted octanol–water partition coefficient (Wildman–Crippen LogP) is 1.96. The minimum atomic E-state index is -0.575. The van der Waals surface area contributed by atoms with Gasteiger partial charge in [-0.25, -0.2) is 0 Å². The second-order valence-electron chi connectivity index (χ2n) is 8.18. The number of hydrogen-bond donors (Lipinski definition) is 1. The van der Waals surface area contributed by atoms with Crippen molar-refractivity contribution < 1.29 is 14.3 Å². The average Bonchev–Trinajstić information content (AvgIpc) is 3.04. The first-order chi connectivity index (χ1) is 12.2. The summed E-state index contributed by atoms with van der Waals surface area (Å²) < 4.78 is 7.10.